The van der Waals surface area contributed by atoms with Crippen LogP contribution in [0.4, 0.5) is 5.82 Å². The van der Waals surface area contributed by atoms with E-state index >= 15 is 0 Å². The molecule has 0 radical (unpaired) electrons. The van der Waals surface area contributed by atoms with E-state index in [0.717, 1.165) is 57.2 Å². The molecule has 19 heavy (non-hydrogen) atoms. The molecular weight excluding hydrogens is 242 g/mol. The van der Waals surface area contributed by atoms with Gasteiger partial charge in [-0.15, -0.1) is 10.2 Å². The summed E-state index contributed by atoms with van der Waals surface area (Å²) in [6, 6.07) is 0. The Morgan fingerprint density at radius 3 is 2.84 bits per heavy atom. The van der Waals surface area contributed by atoms with Crippen LogP contribution in [-0.2, 0) is 0 Å². The average molecular weight is 261 g/mol. The van der Waals surface area contributed by atoms with Crippen molar-refractivity contribution in [1.29, 1.82) is 0 Å². The highest BCUT2D eigenvalue weighted by atomic mass is 15.3. The number of hydrogen-bond donors (Lipinski definition) is 1. The Balaban J connectivity index is 1.69. The lowest BCUT2D eigenvalue weighted by atomic mass is 10.3. The van der Waals surface area contributed by atoms with Gasteiger partial charge in [0.2, 0.25) is 5.65 Å². The number of fused-ring (bicyclic) bond motifs is 1. The summed E-state index contributed by atoms with van der Waals surface area (Å²) in [5.74, 6) is 0.929. The molecule has 2 aromatic rings. The van der Waals surface area contributed by atoms with Crippen LogP contribution in [0.15, 0.2) is 18.7 Å². The third-order valence-corrected chi connectivity index (χ3v) is 3.55. The molecule has 0 amide bonds. The molecule has 0 atom stereocenters. The zero-order valence-corrected chi connectivity index (χ0v) is 10.9. The van der Waals surface area contributed by atoms with Crippen LogP contribution in [0.25, 0.3) is 5.65 Å². The van der Waals surface area contributed by atoms with Crippen molar-refractivity contribution < 1.29 is 0 Å². The van der Waals surface area contributed by atoms with Crippen molar-refractivity contribution in [1.82, 2.24) is 24.5 Å². The molecule has 0 spiro atoms. The van der Waals surface area contributed by atoms with Gasteiger partial charge in [-0.05, 0) is 19.5 Å². The molecule has 2 aromatic heterocycles. The number of aromatic nitrogens is 4. The molecule has 1 aliphatic rings. The van der Waals surface area contributed by atoms with E-state index in [9.17, 15) is 0 Å². The van der Waals surface area contributed by atoms with Gasteiger partial charge in [0.05, 0.1) is 0 Å². The minimum Gasteiger partial charge on any atom is -0.351 e. The van der Waals surface area contributed by atoms with Crippen molar-refractivity contribution in [3.8, 4) is 0 Å². The summed E-state index contributed by atoms with van der Waals surface area (Å²) in [5, 5.41) is 8.08. The summed E-state index contributed by atoms with van der Waals surface area (Å²) in [4.78, 5) is 9.19. The Bertz CT molecular complexity index is 530. The highest BCUT2D eigenvalue weighted by molar-refractivity contribution is 5.63. The van der Waals surface area contributed by atoms with Crippen LogP contribution in [0.3, 0.4) is 0 Å². The number of nitrogens with two attached hydrogens (primary N) is 1. The first kappa shape index (κ1) is 12.3. The maximum absolute atomic E-state index is 5.55. The number of rotatable bonds is 4. The molecule has 0 saturated carbocycles. The molecule has 7 heteroatoms. The SMILES string of the molecule is NCCCN1CCN(c2nccn3cnnc23)CC1. The first-order valence-corrected chi connectivity index (χ1v) is 6.70. The van der Waals surface area contributed by atoms with Gasteiger partial charge in [0.15, 0.2) is 5.82 Å². The van der Waals surface area contributed by atoms with E-state index in [1.54, 1.807) is 12.5 Å². The van der Waals surface area contributed by atoms with Gasteiger partial charge in [-0.25, -0.2) is 4.98 Å². The highest BCUT2D eigenvalue weighted by Gasteiger charge is 2.20. The first-order valence-electron chi connectivity index (χ1n) is 6.70. The molecule has 0 aliphatic carbocycles. The van der Waals surface area contributed by atoms with Gasteiger partial charge < -0.3 is 10.6 Å². The smallest absolute Gasteiger partial charge is 0.203 e. The standard InChI is InChI=1S/C12H19N7/c13-2-1-4-17-6-8-18(9-7-17)11-12-16-15-10-19(12)5-3-14-11/h3,5,10H,1-2,4,6-9,13H2. The fourth-order valence-electron chi connectivity index (χ4n) is 2.47. The minimum absolute atomic E-state index is 0.765. The lowest BCUT2D eigenvalue weighted by molar-refractivity contribution is 0.256. The van der Waals surface area contributed by atoms with E-state index in [2.05, 4.69) is 25.0 Å². The Labute approximate surface area is 112 Å². The van der Waals surface area contributed by atoms with Crippen molar-refractivity contribution in [2.45, 2.75) is 6.42 Å². The highest BCUT2D eigenvalue weighted by Crippen LogP contribution is 2.17. The quantitative estimate of drug-likeness (QED) is 0.807. The van der Waals surface area contributed by atoms with E-state index in [4.69, 9.17) is 5.73 Å². The molecule has 3 rings (SSSR count). The molecule has 0 aromatic carbocycles. The van der Waals surface area contributed by atoms with Crippen LogP contribution in [0.2, 0.25) is 0 Å². The van der Waals surface area contributed by atoms with Gasteiger partial charge >= 0.3 is 0 Å². The number of nitrogens with zero attached hydrogens (tertiary/aromatic N) is 6. The fraction of sp³-hybridized carbons (Fsp3) is 0.583. The third-order valence-electron chi connectivity index (χ3n) is 3.55. The molecule has 102 valence electrons. The second-order valence-corrected chi connectivity index (χ2v) is 4.78. The van der Waals surface area contributed by atoms with E-state index < -0.39 is 0 Å². The zero-order valence-electron chi connectivity index (χ0n) is 10.9. The molecular formula is C12H19N7. The Hall–Kier alpha value is -1.73. The fourth-order valence-corrected chi connectivity index (χ4v) is 2.47. The molecule has 2 N–H and O–H groups in total. The summed E-state index contributed by atoms with van der Waals surface area (Å²) < 4.78 is 1.91. The Kier molecular flexibility index (Phi) is 3.56. The second kappa shape index (κ2) is 5.50. The number of anilines is 1. The third kappa shape index (κ3) is 2.52. The average Bonchev–Trinajstić information content (AvgIpc) is 2.94. The molecule has 1 fully saturated rings. The normalized spacial score (nSPS) is 17.2. The molecule has 0 unspecified atom stereocenters. The Morgan fingerprint density at radius 1 is 1.21 bits per heavy atom. The van der Waals surface area contributed by atoms with Crippen molar-refractivity contribution in [3.05, 3.63) is 18.7 Å². The minimum atomic E-state index is 0.765. The van der Waals surface area contributed by atoms with Crippen LogP contribution in [0.5, 0.6) is 0 Å². The summed E-state index contributed by atoms with van der Waals surface area (Å²) in [6.45, 7) is 5.91. The number of piperazine rings is 1. The van der Waals surface area contributed by atoms with E-state index in [-0.39, 0.29) is 0 Å². The molecule has 1 saturated heterocycles. The largest absolute Gasteiger partial charge is 0.351 e. The lowest BCUT2D eigenvalue weighted by Crippen LogP contribution is -2.47. The van der Waals surface area contributed by atoms with Crippen LogP contribution in [-0.4, -0.2) is 63.8 Å². The maximum atomic E-state index is 5.55. The van der Waals surface area contributed by atoms with Gasteiger partial charge in [0.1, 0.15) is 6.33 Å². The van der Waals surface area contributed by atoms with Crippen LogP contribution >= 0.6 is 0 Å². The maximum Gasteiger partial charge on any atom is 0.203 e. The summed E-state index contributed by atoms with van der Waals surface area (Å²) in [5.41, 5.74) is 6.38. The summed E-state index contributed by atoms with van der Waals surface area (Å²) in [7, 11) is 0. The van der Waals surface area contributed by atoms with Gasteiger partial charge in [-0.2, -0.15) is 0 Å². The van der Waals surface area contributed by atoms with Gasteiger partial charge in [0, 0.05) is 38.6 Å². The number of hydrogen-bond acceptors (Lipinski definition) is 6. The van der Waals surface area contributed by atoms with E-state index in [1.807, 2.05) is 10.6 Å². The summed E-state index contributed by atoms with van der Waals surface area (Å²) in [6.07, 6.45) is 6.44. The van der Waals surface area contributed by atoms with E-state index in [1.165, 1.54) is 0 Å². The predicted octanol–water partition coefficient (Wildman–Crippen LogP) is -0.405. The summed E-state index contributed by atoms with van der Waals surface area (Å²) >= 11 is 0. The molecule has 7 nitrogen and oxygen atoms in total. The topological polar surface area (TPSA) is 75.6 Å². The van der Waals surface area contributed by atoms with Crippen LogP contribution in [0.1, 0.15) is 6.42 Å². The first-order chi connectivity index (χ1) is 9.38. The van der Waals surface area contributed by atoms with Gasteiger partial charge in [0.25, 0.3) is 0 Å². The van der Waals surface area contributed by atoms with Crippen molar-refractivity contribution >= 4 is 11.5 Å². The lowest BCUT2D eigenvalue weighted by Gasteiger charge is -2.35. The second-order valence-electron chi connectivity index (χ2n) is 4.78. The van der Waals surface area contributed by atoms with Crippen LogP contribution in [0, 0.1) is 0 Å². The molecule has 0 bridgehead atoms. The molecule has 3 heterocycles. The predicted molar refractivity (Wildman–Crippen MR) is 73.1 cm³/mol. The monoisotopic (exact) mass is 261 g/mol. The van der Waals surface area contributed by atoms with Crippen molar-refractivity contribution in [2.24, 2.45) is 5.73 Å². The van der Waals surface area contributed by atoms with Crippen molar-refractivity contribution in [3.63, 3.8) is 0 Å². The van der Waals surface area contributed by atoms with Crippen molar-refractivity contribution in [2.75, 3.05) is 44.2 Å². The van der Waals surface area contributed by atoms with Gasteiger partial charge in [-0.1, -0.05) is 0 Å². The van der Waals surface area contributed by atoms with Crippen LogP contribution < -0.4 is 10.6 Å². The zero-order chi connectivity index (χ0) is 13.1. The molecule has 1 aliphatic heterocycles. The Morgan fingerprint density at radius 2 is 2.05 bits per heavy atom. The van der Waals surface area contributed by atoms with Gasteiger partial charge in [-0.3, -0.25) is 9.30 Å². The van der Waals surface area contributed by atoms with E-state index in [0.29, 0.717) is 0 Å².